The van der Waals surface area contributed by atoms with Crippen molar-refractivity contribution in [1.29, 1.82) is 0 Å². The van der Waals surface area contributed by atoms with Gasteiger partial charge in [-0.15, -0.1) is 0 Å². The van der Waals surface area contributed by atoms with Gasteiger partial charge >= 0.3 is 0 Å². The fourth-order valence-corrected chi connectivity index (χ4v) is 5.58. The van der Waals surface area contributed by atoms with Gasteiger partial charge in [-0.2, -0.15) is 0 Å². The van der Waals surface area contributed by atoms with E-state index in [0.29, 0.717) is 24.3 Å². The van der Waals surface area contributed by atoms with E-state index < -0.39 is 0 Å². The summed E-state index contributed by atoms with van der Waals surface area (Å²) in [7, 11) is 0. The lowest BCUT2D eigenvalue weighted by atomic mass is 9.75. The zero-order valence-corrected chi connectivity index (χ0v) is 18.1. The molecule has 5 rings (SSSR count). The number of nitrogens with zero attached hydrogens (tertiary/aromatic N) is 1. The van der Waals surface area contributed by atoms with E-state index >= 15 is 0 Å². The van der Waals surface area contributed by atoms with E-state index in [1.807, 2.05) is 6.07 Å². The molecule has 3 aromatic carbocycles. The average molecular weight is 410 g/mol. The molecule has 2 bridgehead atoms. The summed E-state index contributed by atoms with van der Waals surface area (Å²) in [4.78, 5) is 15.9. The van der Waals surface area contributed by atoms with Crippen LogP contribution < -0.4 is 0 Å². The number of rotatable bonds is 6. The Morgan fingerprint density at radius 1 is 0.710 bits per heavy atom. The molecule has 2 saturated heterocycles. The molecule has 2 nitrogen and oxygen atoms in total. The van der Waals surface area contributed by atoms with Gasteiger partial charge in [0.2, 0.25) is 0 Å². The van der Waals surface area contributed by atoms with Gasteiger partial charge in [0.1, 0.15) is 5.78 Å². The van der Waals surface area contributed by atoms with Crippen LogP contribution in [0.25, 0.3) is 11.1 Å². The summed E-state index contributed by atoms with van der Waals surface area (Å²) in [5, 5.41) is 0. The van der Waals surface area contributed by atoms with Gasteiger partial charge in [-0.3, -0.25) is 9.69 Å². The molecule has 0 aromatic heterocycles. The number of hydrogen-bond acceptors (Lipinski definition) is 2. The lowest BCUT2D eigenvalue weighted by Crippen LogP contribution is -2.52. The third kappa shape index (κ3) is 4.65. The van der Waals surface area contributed by atoms with Crippen molar-refractivity contribution in [2.45, 2.75) is 57.2 Å². The van der Waals surface area contributed by atoms with Crippen LogP contribution in [0.5, 0.6) is 0 Å². The summed E-state index contributed by atoms with van der Waals surface area (Å²) in [6.45, 7) is 1.03. The largest absolute Gasteiger partial charge is 0.299 e. The van der Waals surface area contributed by atoms with Crippen molar-refractivity contribution < 1.29 is 4.79 Å². The van der Waals surface area contributed by atoms with Gasteiger partial charge in [0, 0.05) is 31.0 Å². The fraction of sp³-hybridized carbons (Fsp3) is 0.345. The Balaban J connectivity index is 1.23. The molecular formula is C29H31NO. The molecule has 2 fully saturated rings. The van der Waals surface area contributed by atoms with E-state index in [-0.39, 0.29) is 5.92 Å². The van der Waals surface area contributed by atoms with E-state index in [4.69, 9.17) is 0 Å². The molecule has 0 spiro atoms. The highest BCUT2D eigenvalue weighted by molar-refractivity contribution is 5.83. The van der Waals surface area contributed by atoms with Crippen LogP contribution in [0.1, 0.15) is 43.2 Å². The molecule has 2 unspecified atom stereocenters. The molecular weight excluding hydrogens is 378 g/mol. The normalized spacial score (nSPS) is 23.4. The van der Waals surface area contributed by atoms with Crippen molar-refractivity contribution in [2.75, 3.05) is 0 Å². The van der Waals surface area contributed by atoms with Crippen molar-refractivity contribution >= 4 is 5.78 Å². The highest BCUT2D eigenvalue weighted by atomic mass is 16.1. The predicted octanol–water partition coefficient (Wildman–Crippen LogP) is 6.30. The van der Waals surface area contributed by atoms with E-state index in [1.165, 1.54) is 36.0 Å². The first-order valence-electron chi connectivity index (χ1n) is 11.7. The number of carbonyl (C=O) groups excluding carboxylic acids is 1. The molecule has 2 aliphatic heterocycles. The van der Waals surface area contributed by atoms with Crippen molar-refractivity contribution in [3.63, 3.8) is 0 Å². The minimum atomic E-state index is 0.219. The zero-order chi connectivity index (χ0) is 21.0. The Hall–Kier alpha value is -2.71. The molecule has 2 aliphatic rings. The first-order valence-corrected chi connectivity index (χ1v) is 11.7. The van der Waals surface area contributed by atoms with Crippen LogP contribution in [0.15, 0.2) is 84.9 Å². The Bertz CT molecular complexity index is 982. The monoisotopic (exact) mass is 409 g/mol. The molecule has 0 radical (unpaired) electrons. The molecule has 0 saturated carbocycles. The van der Waals surface area contributed by atoms with Crippen LogP contribution in [0, 0.1) is 5.92 Å². The number of Topliss-reactive ketones (excluding diaryl/α,β-unsaturated/α-hetero) is 1. The maximum atomic E-state index is 13.2. The first kappa shape index (κ1) is 20.2. The number of ketones is 1. The molecule has 0 N–H and O–H groups in total. The second-order valence-corrected chi connectivity index (χ2v) is 9.27. The van der Waals surface area contributed by atoms with Gasteiger partial charge in [-0.25, -0.2) is 0 Å². The maximum Gasteiger partial charge on any atom is 0.140 e. The average Bonchev–Trinajstić information content (AvgIpc) is 2.80. The third-order valence-corrected chi connectivity index (χ3v) is 7.23. The first-order chi connectivity index (χ1) is 15.3. The van der Waals surface area contributed by atoms with Crippen molar-refractivity contribution in [3.8, 4) is 11.1 Å². The highest BCUT2D eigenvalue weighted by Crippen LogP contribution is 2.38. The van der Waals surface area contributed by atoms with Crippen molar-refractivity contribution in [1.82, 2.24) is 4.90 Å². The van der Waals surface area contributed by atoms with Crippen LogP contribution in [0.2, 0.25) is 0 Å². The fourth-order valence-electron chi connectivity index (χ4n) is 5.58. The lowest BCUT2D eigenvalue weighted by molar-refractivity contribution is -0.126. The lowest BCUT2D eigenvalue weighted by Gasteiger charge is -2.48. The summed E-state index contributed by atoms with van der Waals surface area (Å²) < 4.78 is 0. The van der Waals surface area contributed by atoms with Crippen LogP contribution in [-0.2, 0) is 17.8 Å². The van der Waals surface area contributed by atoms with Gasteiger partial charge in [0.25, 0.3) is 0 Å². The zero-order valence-electron chi connectivity index (χ0n) is 18.1. The number of fused-ring (bicyclic) bond motifs is 2. The summed E-state index contributed by atoms with van der Waals surface area (Å²) in [5.41, 5.74) is 4.96. The number of benzene rings is 3. The van der Waals surface area contributed by atoms with Gasteiger partial charge in [0.05, 0.1) is 0 Å². The van der Waals surface area contributed by atoms with Gasteiger partial charge in [-0.05, 0) is 47.9 Å². The number of carbonyl (C=O) groups is 1. The molecule has 2 heterocycles. The standard InChI is InChI=1S/C29H31NO/c31-29(18-22-14-16-25(17-15-22)24-10-5-2-6-11-24)26-19-27-12-7-13-28(20-26)30(27)21-23-8-3-1-4-9-23/h1-6,8-11,14-17,26-28H,7,12-13,18-21H2. The summed E-state index contributed by atoms with van der Waals surface area (Å²) in [6.07, 6.45) is 6.41. The second-order valence-electron chi connectivity index (χ2n) is 9.27. The van der Waals surface area contributed by atoms with Crippen molar-refractivity contribution in [2.24, 2.45) is 5.92 Å². The van der Waals surface area contributed by atoms with Crippen molar-refractivity contribution in [3.05, 3.63) is 96.1 Å². The molecule has 0 amide bonds. The van der Waals surface area contributed by atoms with E-state index in [2.05, 4.69) is 83.8 Å². The van der Waals surface area contributed by atoms with Gasteiger partial charge in [-0.1, -0.05) is 91.3 Å². The topological polar surface area (TPSA) is 20.3 Å². The summed E-state index contributed by atoms with van der Waals surface area (Å²) in [6, 6.07) is 30.9. The molecule has 31 heavy (non-hydrogen) atoms. The SMILES string of the molecule is O=C(Cc1ccc(-c2ccccc2)cc1)C1CC2CCCC(C1)N2Cc1ccccc1. The molecule has 3 aromatic rings. The molecule has 2 heteroatoms. The van der Waals surface area contributed by atoms with Gasteiger partial charge < -0.3 is 0 Å². The minimum Gasteiger partial charge on any atom is -0.299 e. The predicted molar refractivity (Wildman–Crippen MR) is 127 cm³/mol. The smallest absolute Gasteiger partial charge is 0.140 e. The van der Waals surface area contributed by atoms with Gasteiger partial charge in [0.15, 0.2) is 0 Å². The molecule has 158 valence electrons. The Kier molecular flexibility index (Phi) is 5.99. The van der Waals surface area contributed by atoms with Crippen LogP contribution >= 0.6 is 0 Å². The number of hydrogen-bond donors (Lipinski definition) is 0. The van der Waals surface area contributed by atoms with Crippen LogP contribution in [0.4, 0.5) is 0 Å². The quantitative estimate of drug-likeness (QED) is 0.476. The Morgan fingerprint density at radius 3 is 1.94 bits per heavy atom. The van der Waals surface area contributed by atoms with E-state index in [9.17, 15) is 4.79 Å². The van der Waals surface area contributed by atoms with E-state index in [0.717, 1.165) is 24.9 Å². The third-order valence-electron chi connectivity index (χ3n) is 7.23. The molecule has 0 aliphatic carbocycles. The highest BCUT2D eigenvalue weighted by Gasteiger charge is 2.40. The van der Waals surface area contributed by atoms with E-state index in [1.54, 1.807) is 0 Å². The Labute approximate surface area is 185 Å². The maximum absolute atomic E-state index is 13.2. The minimum absolute atomic E-state index is 0.219. The van der Waals surface area contributed by atoms with Crippen LogP contribution in [-0.4, -0.2) is 22.8 Å². The Morgan fingerprint density at radius 2 is 1.29 bits per heavy atom. The second kappa shape index (κ2) is 9.20. The summed E-state index contributed by atoms with van der Waals surface area (Å²) >= 11 is 0. The summed E-state index contributed by atoms with van der Waals surface area (Å²) in [5.74, 6) is 0.653. The van der Waals surface area contributed by atoms with Crippen LogP contribution in [0.3, 0.4) is 0 Å². The number of piperidine rings is 2. The molecule has 2 atom stereocenters.